The number of halogens is 1. The van der Waals surface area contributed by atoms with Gasteiger partial charge in [0.1, 0.15) is 11.6 Å². The summed E-state index contributed by atoms with van der Waals surface area (Å²) >= 11 is 0. The van der Waals surface area contributed by atoms with Gasteiger partial charge >= 0.3 is 0 Å². The fraction of sp³-hybridized carbons (Fsp3) is 0.333. The first-order chi connectivity index (χ1) is 13.9. The van der Waals surface area contributed by atoms with Crippen LogP contribution in [-0.2, 0) is 16.6 Å². The molecule has 0 N–H and O–H groups in total. The zero-order valence-electron chi connectivity index (χ0n) is 16.5. The molecule has 0 unspecified atom stereocenters. The van der Waals surface area contributed by atoms with Gasteiger partial charge in [-0.15, -0.1) is 0 Å². The molecule has 1 saturated heterocycles. The van der Waals surface area contributed by atoms with E-state index in [-0.39, 0.29) is 4.90 Å². The van der Waals surface area contributed by atoms with E-state index >= 15 is 0 Å². The van der Waals surface area contributed by atoms with Crippen LogP contribution in [0, 0.1) is 5.82 Å². The predicted molar refractivity (Wildman–Crippen MR) is 110 cm³/mol. The first-order valence-electron chi connectivity index (χ1n) is 9.48. The Bertz CT molecular complexity index is 1120. The third-order valence-electron chi connectivity index (χ3n) is 5.42. The number of ether oxygens (including phenoxy) is 1. The minimum atomic E-state index is -3.85. The second kappa shape index (κ2) is 7.78. The van der Waals surface area contributed by atoms with Crippen LogP contribution in [0.1, 0.15) is 5.56 Å². The molecule has 0 saturated carbocycles. The summed E-state index contributed by atoms with van der Waals surface area (Å²) in [6, 6.07) is 10.3. The summed E-state index contributed by atoms with van der Waals surface area (Å²) in [6.07, 6.45) is 1.68. The molecule has 1 aliphatic heterocycles. The molecule has 6 nitrogen and oxygen atoms in total. The Kier molecular flexibility index (Phi) is 5.33. The van der Waals surface area contributed by atoms with Crippen molar-refractivity contribution >= 4 is 20.9 Å². The van der Waals surface area contributed by atoms with E-state index in [2.05, 4.69) is 16.8 Å². The van der Waals surface area contributed by atoms with Crippen molar-refractivity contribution in [2.75, 3.05) is 40.3 Å². The third kappa shape index (κ3) is 3.88. The summed E-state index contributed by atoms with van der Waals surface area (Å²) in [5.74, 6) is 0.205. The molecule has 0 bridgehead atoms. The normalized spacial score (nSPS) is 16.4. The van der Waals surface area contributed by atoms with Crippen molar-refractivity contribution in [1.82, 2.24) is 13.8 Å². The van der Waals surface area contributed by atoms with Crippen LogP contribution >= 0.6 is 0 Å². The maximum absolute atomic E-state index is 13.3. The minimum Gasteiger partial charge on any atom is -0.497 e. The average molecular weight is 418 g/mol. The van der Waals surface area contributed by atoms with Gasteiger partial charge in [0, 0.05) is 44.3 Å². The molecule has 154 valence electrons. The maximum Gasteiger partial charge on any atom is 0.268 e. The van der Waals surface area contributed by atoms with Gasteiger partial charge in [-0.1, -0.05) is 0 Å². The van der Waals surface area contributed by atoms with Gasteiger partial charge in [-0.05, 0) is 55.1 Å². The van der Waals surface area contributed by atoms with E-state index in [1.165, 1.54) is 16.1 Å². The van der Waals surface area contributed by atoms with Crippen LogP contribution in [-0.4, -0.2) is 62.5 Å². The van der Waals surface area contributed by atoms with Crippen LogP contribution in [0.4, 0.5) is 4.39 Å². The molecule has 4 rings (SSSR count). The fourth-order valence-electron chi connectivity index (χ4n) is 3.66. The molecule has 1 fully saturated rings. The summed E-state index contributed by atoms with van der Waals surface area (Å²) in [5.41, 5.74) is 1.51. The van der Waals surface area contributed by atoms with Gasteiger partial charge < -0.3 is 9.64 Å². The lowest BCUT2D eigenvalue weighted by Gasteiger charge is -2.32. The summed E-state index contributed by atoms with van der Waals surface area (Å²) < 4.78 is 46.4. The quantitative estimate of drug-likeness (QED) is 0.639. The Morgan fingerprint density at radius 3 is 2.38 bits per heavy atom. The van der Waals surface area contributed by atoms with Crippen molar-refractivity contribution in [2.45, 2.75) is 11.4 Å². The fourth-order valence-corrected chi connectivity index (χ4v) is 5.06. The molecule has 8 heteroatoms. The molecular weight excluding hydrogens is 393 g/mol. The van der Waals surface area contributed by atoms with E-state index in [9.17, 15) is 12.8 Å². The first kappa shape index (κ1) is 19.9. The summed E-state index contributed by atoms with van der Waals surface area (Å²) in [4.78, 5) is 4.66. The Balaban J connectivity index is 1.79. The van der Waals surface area contributed by atoms with Crippen LogP contribution in [0.3, 0.4) is 0 Å². The lowest BCUT2D eigenvalue weighted by molar-refractivity contribution is 0.148. The summed E-state index contributed by atoms with van der Waals surface area (Å²) in [7, 11) is -0.157. The number of methoxy groups -OCH3 is 1. The van der Waals surface area contributed by atoms with E-state index in [0.717, 1.165) is 49.3 Å². The molecule has 29 heavy (non-hydrogen) atoms. The maximum atomic E-state index is 13.3. The van der Waals surface area contributed by atoms with E-state index < -0.39 is 15.8 Å². The molecule has 0 radical (unpaired) electrons. The highest BCUT2D eigenvalue weighted by atomic mass is 32.2. The highest BCUT2D eigenvalue weighted by molar-refractivity contribution is 7.90. The molecule has 2 aromatic carbocycles. The second-order valence-corrected chi connectivity index (χ2v) is 9.19. The highest BCUT2D eigenvalue weighted by Gasteiger charge is 2.23. The Morgan fingerprint density at radius 1 is 1.03 bits per heavy atom. The van der Waals surface area contributed by atoms with Gasteiger partial charge in [-0.2, -0.15) is 0 Å². The smallest absolute Gasteiger partial charge is 0.268 e. The van der Waals surface area contributed by atoms with Crippen LogP contribution < -0.4 is 4.74 Å². The van der Waals surface area contributed by atoms with E-state index in [1.807, 2.05) is 6.07 Å². The number of rotatable bonds is 5. The number of piperazine rings is 1. The van der Waals surface area contributed by atoms with Crippen molar-refractivity contribution in [3.05, 3.63) is 60.0 Å². The van der Waals surface area contributed by atoms with Gasteiger partial charge in [-0.25, -0.2) is 16.8 Å². The monoisotopic (exact) mass is 417 g/mol. The van der Waals surface area contributed by atoms with Crippen molar-refractivity contribution in [3.8, 4) is 5.75 Å². The van der Waals surface area contributed by atoms with Crippen LogP contribution in [0.25, 0.3) is 10.9 Å². The lowest BCUT2D eigenvalue weighted by Crippen LogP contribution is -2.43. The van der Waals surface area contributed by atoms with Gasteiger partial charge in [0.25, 0.3) is 10.0 Å². The second-order valence-electron chi connectivity index (χ2n) is 7.37. The standard InChI is InChI=1S/C21H24FN3O3S/c1-23-9-11-24(12-10-23)14-16-15-25(21-8-5-18(28-2)13-20(16)21)29(26,27)19-6-3-17(22)4-7-19/h3-8,13,15H,9-12,14H2,1-2H3. The molecule has 0 aliphatic carbocycles. The molecule has 2 heterocycles. The van der Waals surface area contributed by atoms with Crippen LogP contribution in [0.2, 0.25) is 0 Å². The van der Waals surface area contributed by atoms with Crippen molar-refractivity contribution in [1.29, 1.82) is 0 Å². The van der Waals surface area contributed by atoms with E-state index in [4.69, 9.17) is 4.74 Å². The van der Waals surface area contributed by atoms with Crippen LogP contribution in [0.5, 0.6) is 5.75 Å². The summed E-state index contributed by atoms with van der Waals surface area (Å²) in [6.45, 7) is 4.48. The number of aromatic nitrogens is 1. The van der Waals surface area contributed by atoms with Gasteiger partial charge in [0.05, 0.1) is 17.5 Å². The number of nitrogens with zero attached hydrogens (tertiary/aromatic N) is 3. The predicted octanol–water partition coefficient (Wildman–Crippen LogP) is 2.77. The molecular formula is C21H24FN3O3S. The van der Waals surface area contributed by atoms with Crippen LogP contribution in [0.15, 0.2) is 53.6 Å². The van der Waals surface area contributed by atoms with Gasteiger partial charge in [0.2, 0.25) is 0 Å². The number of hydrogen-bond donors (Lipinski definition) is 0. The zero-order valence-corrected chi connectivity index (χ0v) is 17.3. The number of likely N-dealkylation sites (N-methyl/N-ethyl adjacent to an activating group) is 1. The summed E-state index contributed by atoms with van der Waals surface area (Å²) in [5, 5.41) is 0.842. The van der Waals surface area contributed by atoms with Gasteiger partial charge in [-0.3, -0.25) is 4.90 Å². The third-order valence-corrected chi connectivity index (χ3v) is 7.11. The Hall–Kier alpha value is -2.42. The lowest BCUT2D eigenvalue weighted by atomic mass is 10.1. The van der Waals surface area contributed by atoms with E-state index in [0.29, 0.717) is 17.8 Å². The van der Waals surface area contributed by atoms with Crippen molar-refractivity contribution in [3.63, 3.8) is 0 Å². The Morgan fingerprint density at radius 2 is 1.72 bits per heavy atom. The zero-order chi connectivity index (χ0) is 20.6. The largest absolute Gasteiger partial charge is 0.497 e. The SMILES string of the molecule is COc1ccc2c(c1)c(CN1CCN(C)CC1)cn2S(=O)(=O)c1ccc(F)cc1. The number of fused-ring (bicyclic) bond motifs is 1. The van der Waals surface area contributed by atoms with Crippen molar-refractivity contribution in [2.24, 2.45) is 0 Å². The topological polar surface area (TPSA) is 54.8 Å². The number of hydrogen-bond acceptors (Lipinski definition) is 5. The average Bonchev–Trinajstić information content (AvgIpc) is 3.08. The molecule has 3 aromatic rings. The van der Waals surface area contributed by atoms with Crippen molar-refractivity contribution < 1.29 is 17.5 Å². The molecule has 1 aromatic heterocycles. The first-order valence-corrected chi connectivity index (χ1v) is 10.9. The van der Waals surface area contributed by atoms with E-state index in [1.54, 1.807) is 25.4 Å². The number of benzene rings is 2. The molecule has 1 aliphatic rings. The molecule has 0 amide bonds. The highest BCUT2D eigenvalue weighted by Crippen LogP contribution is 2.30. The Labute approximate surface area is 170 Å². The molecule has 0 atom stereocenters. The molecule has 0 spiro atoms. The minimum absolute atomic E-state index is 0.0535. The van der Waals surface area contributed by atoms with Gasteiger partial charge in [0.15, 0.2) is 0 Å².